The van der Waals surface area contributed by atoms with E-state index in [2.05, 4.69) is 5.32 Å². The van der Waals surface area contributed by atoms with Crippen molar-refractivity contribution in [2.75, 3.05) is 19.6 Å². The number of piperazine rings is 1. The second kappa shape index (κ2) is 4.87. The molecule has 0 aromatic heterocycles. The maximum Gasteiger partial charge on any atom is 0.202 e. The van der Waals surface area contributed by atoms with E-state index < -0.39 is 0 Å². The number of rotatable bonds is 1. The van der Waals surface area contributed by atoms with Crippen LogP contribution in [-0.4, -0.2) is 36.5 Å². The molecule has 1 fully saturated rings. The van der Waals surface area contributed by atoms with Crippen molar-refractivity contribution in [2.45, 2.75) is 19.9 Å². The van der Waals surface area contributed by atoms with Crippen molar-refractivity contribution in [2.24, 2.45) is 0 Å². The van der Waals surface area contributed by atoms with Gasteiger partial charge in [0.15, 0.2) is 0 Å². The summed E-state index contributed by atoms with van der Waals surface area (Å²) in [6, 6.07) is 0.336. The molecule has 1 heterocycles. The standard InChI is InChI=1S/C7H13N2O.Re/c1-6(2)9-4-3-8-5-7(9)10;/h6H,3-5H2,1-2H3;/q-1;. The van der Waals surface area contributed by atoms with Gasteiger partial charge in [-0.25, -0.2) is 0 Å². The topological polar surface area (TPSA) is 34.4 Å². The summed E-state index contributed by atoms with van der Waals surface area (Å²) in [7, 11) is 0. The Morgan fingerprint density at radius 2 is 2.18 bits per heavy atom. The molecule has 1 aliphatic heterocycles. The third-order valence-electron chi connectivity index (χ3n) is 1.69. The molecule has 0 aliphatic carbocycles. The molecular weight excluding hydrogens is 314 g/mol. The van der Waals surface area contributed by atoms with Gasteiger partial charge in [0, 0.05) is 33.0 Å². The van der Waals surface area contributed by atoms with Gasteiger partial charge in [-0.1, -0.05) is 6.54 Å². The largest absolute Gasteiger partial charge is 0.653 e. The van der Waals surface area contributed by atoms with Gasteiger partial charge in [-0.05, 0) is 13.8 Å². The van der Waals surface area contributed by atoms with E-state index in [0.29, 0.717) is 12.6 Å². The van der Waals surface area contributed by atoms with Gasteiger partial charge in [0.05, 0.1) is 0 Å². The summed E-state index contributed by atoms with van der Waals surface area (Å²) in [5, 5.41) is 4.00. The normalized spacial score (nSPS) is 18.5. The van der Waals surface area contributed by atoms with E-state index in [1.807, 2.05) is 18.7 Å². The van der Waals surface area contributed by atoms with E-state index >= 15 is 0 Å². The third-order valence-corrected chi connectivity index (χ3v) is 1.69. The molecule has 1 aliphatic rings. The number of hydrogen-bond acceptors (Lipinski definition) is 1. The first-order valence-corrected chi connectivity index (χ1v) is 3.64. The van der Waals surface area contributed by atoms with Crippen molar-refractivity contribution in [3.05, 3.63) is 5.32 Å². The molecule has 1 amide bonds. The molecule has 1 rings (SSSR count). The van der Waals surface area contributed by atoms with E-state index in [9.17, 15) is 4.79 Å². The molecule has 11 heavy (non-hydrogen) atoms. The summed E-state index contributed by atoms with van der Waals surface area (Å²) in [5.41, 5.74) is 0. The average molecular weight is 327 g/mol. The van der Waals surface area contributed by atoms with E-state index in [0.717, 1.165) is 13.1 Å². The van der Waals surface area contributed by atoms with Gasteiger partial charge in [-0.15, -0.1) is 6.54 Å². The fourth-order valence-corrected chi connectivity index (χ4v) is 1.11. The van der Waals surface area contributed by atoms with E-state index in [1.165, 1.54) is 0 Å². The van der Waals surface area contributed by atoms with E-state index in [1.54, 1.807) is 0 Å². The van der Waals surface area contributed by atoms with Gasteiger partial charge in [0.1, 0.15) is 0 Å². The van der Waals surface area contributed by atoms with Crippen molar-refractivity contribution in [3.63, 3.8) is 0 Å². The number of amides is 1. The summed E-state index contributed by atoms with van der Waals surface area (Å²) in [5.74, 6) is 0.168. The van der Waals surface area contributed by atoms with Crippen molar-refractivity contribution in [1.82, 2.24) is 4.90 Å². The van der Waals surface area contributed by atoms with Crippen LogP contribution in [0.25, 0.3) is 5.32 Å². The Labute approximate surface area is 81.2 Å². The number of nitrogens with zero attached hydrogens (tertiary/aromatic N) is 2. The van der Waals surface area contributed by atoms with Gasteiger partial charge in [0.25, 0.3) is 0 Å². The SMILES string of the molecule is CC(C)N1CC[N-]CC1=O.[Re]. The molecule has 65 valence electrons. The van der Waals surface area contributed by atoms with E-state index in [-0.39, 0.29) is 26.3 Å². The van der Waals surface area contributed by atoms with Gasteiger partial charge < -0.3 is 10.2 Å². The molecule has 0 bridgehead atoms. The zero-order chi connectivity index (χ0) is 7.56. The minimum Gasteiger partial charge on any atom is -0.653 e. The van der Waals surface area contributed by atoms with Crippen molar-refractivity contribution in [1.29, 1.82) is 0 Å². The zero-order valence-corrected chi connectivity index (χ0v) is 9.60. The molecule has 3 nitrogen and oxygen atoms in total. The Morgan fingerprint density at radius 3 is 2.55 bits per heavy atom. The van der Waals surface area contributed by atoms with Crippen molar-refractivity contribution in [3.8, 4) is 0 Å². The molecule has 0 aromatic rings. The average Bonchev–Trinajstić information content (AvgIpc) is 1.88. The minimum absolute atomic E-state index is 0. The molecule has 0 atom stereocenters. The first-order chi connectivity index (χ1) is 4.72. The Morgan fingerprint density at radius 1 is 1.55 bits per heavy atom. The summed E-state index contributed by atoms with van der Waals surface area (Å²) in [4.78, 5) is 12.9. The van der Waals surface area contributed by atoms with Crippen LogP contribution >= 0.6 is 0 Å². The molecule has 4 heteroatoms. The fraction of sp³-hybridized carbons (Fsp3) is 0.857. The fourth-order valence-electron chi connectivity index (χ4n) is 1.11. The van der Waals surface area contributed by atoms with Gasteiger partial charge >= 0.3 is 0 Å². The Hall–Kier alpha value is 0.0923. The Balaban J connectivity index is 0.000001000. The predicted molar refractivity (Wildman–Crippen MR) is 39.9 cm³/mol. The van der Waals surface area contributed by atoms with Crippen LogP contribution in [0.15, 0.2) is 0 Å². The summed E-state index contributed by atoms with van der Waals surface area (Å²) >= 11 is 0. The van der Waals surface area contributed by atoms with E-state index in [4.69, 9.17) is 0 Å². The smallest absolute Gasteiger partial charge is 0.202 e. The maximum atomic E-state index is 11.1. The Kier molecular flexibility index (Phi) is 4.91. The van der Waals surface area contributed by atoms with Crippen LogP contribution in [0, 0.1) is 0 Å². The summed E-state index contributed by atoms with van der Waals surface area (Å²) < 4.78 is 0. The number of carbonyl (C=O) groups excluding carboxylic acids is 1. The van der Waals surface area contributed by atoms with Crippen molar-refractivity contribution < 1.29 is 25.2 Å². The van der Waals surface area contributed by atoms with Gasteiger partial charge in [-0.2, -0.15) is 0 Å². The molecule has 0 saturated carbocycles. The van der Waals surface area contributed by atoms with Crippen LogP contribution < -0.4 is 0 Å². The number of hydrogen-bond donors (Lipinski definition) is 0. The first-order valence-electron chi connectivity index (χ1n) is 3.64. The van der Waals surface area contributed by atoms with Crippen LogP contribution in [0.3, 0.4) is 0 Å². The quantitative estimate of drug-likeness (QED) is 0.695. The van der Waals surface area contributed by atoms with Crippen LogP contribution in [0.1, 0.15) is 13.8 Å². The predicted octanol–water partition coefficient (Wildman–Crippen LogP) is 0.608. The molecule has 0 aromatic carbocycles. The monoisotopic (exact) mass is 328 g/mol. The maximum absolute atomic E-state index is 11.1. The second-order valence-electron chi connectivity index (χ2n) is 2.79. The molecule has 1 radical (unpaired) electrons. The Bertz CT molecular complexity index is 138. The molecule has 0 spiro atoms. The molecular formula is C7H13N2ORe-. The van der Waals surface area contributed by atoms with Gasteiger partial charge in [-0.3, -0.25) is 4.79 Å². The second-order valence-corrected chi connectivity index (χ2v) is 2.79. The summed E-state index contributed by atoms with van der Waals surface area (Å²) in [6.45, 7) is 6.06. The van der Waals surface area contributed by atoms with Crippen LogP contribution in [-0.2, 0) is 25.2 Å². The van der Waals surface area contributed by atoms with Crippen LogP contribution in [0.5, 0.6) is 0 Å². The third kappa shape index (κ3) is 2.90. The molecule has 0 unspecified atom stereocenters. The minimum atomic E-state index is 0. The number of carbonyl (C=O) groups is 1. The van der Waals surface area contributed by atoms with Crippen molar-refractivity contribution >= 4 is 5.91 Å². The first kappa shape index (κ1) is 11.1. The molecule has 0 N–H and O–H groups in total. The van der Waals surface area contributed by atoms with Gasteiger partial charge in [0.2, 0.25) is 5.91 Å². The zero-order valence-electron chi connectivity index (χ0n) is 6.88. The molecule has 1 saturated heterocycles. The van der Waals surface area contributed by atoms with Crippen LogP contribution in [0.4, 0.5) is 0 Å². The van der Waals surface area contributed by atoms with Crippen LogP contribution in [0.2, 0.25) is 0 Å². The summed E-state index contributed by atoms with van der Waals surface area (Å²) in [6.07, 6.45) is 0.